The molecule has 23 heavy (non-hydrogen) atoms. The zero-order valence-electron chi connectivity index (χ0n) is 12.9. The van der Waals surface area contributed by atoms with E-state index in [0.717, 1.165) is 5.57 Å². The summed E-state index contributed by atoms with van der Waals surface area (Å²) < 4.78 is 0. The maximum absolute atomic E-state index is 11.6. The van der Waals surface area contributed by atoms with Gasteiger partial charge >= 0.3 is 0 Å². The molecule has 1 heterocycles. The average molecular weight is 310 g/mol. The van der Waals surface area contributed by atoms with Crippen molar-refractivity contribution in [2.75, 3.05) is 5.73 Å². The van der Waals surface area contributed by atoms with E-state index in [2.05, 4.69) is 9.97 Å². The van der Waals surface area contributed by atoms with Crippen LogP contribution in [-0.2, 0) is 0 Å². The molecule has 5 N–H and O–H groups in total. The number of benzene rings is 1. The van der Waals surface area contributed by atoms with Gasteiger partial charge in [0.15, 0.2) is 0 Å². The number of nitrogens with zero attached hydrogens (tertiary/aromatic N) is 2. The summed E-state index contributed by atoms with van der Waals surface area (Å²) in [6, 6.07) is 1.54. The first kappa shape index (κ1) is 16.2. The smallest absolute Gasteiger partial charge is 0.250 e. The third-order valence-corrected chi connectivity index (χ3v) is 3.29. The van der Waals surface area contributed by atoms with Crippen LogP contribution >= 0.6 is 0 Å². The number of fused-ring (bicyclic) bond motifs is 1. The second kappa shape index (κ2) is 6.74. The molecule has 0 bridgehead atoms. The predicted octanol–water partition coefficient (Wildman–Crippen LogP) is 2.73. The van der Waals surface area contributed by atoms with Crippen LogP contribution in [0.5, 0.6) is 0 Å². The predicted molar refractivity (Wildman–Crippen MR) is 91.6 cm³/mol. The van der Waals surface area contributed by atoms with Crippen LogP contribution in [0.4, 0.5) is 5.69 Å². The molecule has 0 spiro atoms. The number of nitrogen functional groups attached to an aromatic ring is 1. The normalized spacial score (nSPS) is 13.0. The summed E-state index contributed by atoms with van der Waals surface area (Å²) in [4.78, 5) is 20.1. The van der Waals surface area contributed by atoms with Gasteiger partial charge in [-0.3, -0.25) is 14.8 Å². The van der Waals surface area contributed by atoms with Crippen molar-refractivity contribution in [3.05, 3.63) is 59.1 Å². The van der Waals surface area contributed by atoms with Gasteiger partial charge in [0.05, 0.1) is 22.3 Å². The Hall–Kier alpha value is -3.15. The number of carbonyl (C=O) groups is 1. The third-order valence-electron chi connectivity index (χ3n) is 3.29. The molecule has 0 saturated heterocycles. The summed E-state index contributed by atoms with van der Waals surface area (Å²) in [5.41, 5.74) is 14.4. The lowest BCUT2D eigenvalue weighted by Gasteiger charge is -2.09. The van der Waals surface area contributed by atoms with Crippen LogP contribution in [0, 0.1) is 0 Å². The number of amides is 1. The summed E-state index contributed by atoms with van der Waals surface area (Å²) in [7, 11) is 0. The minimum Gasteiger partial charge on any atom is -0.508 e. The molecule has 0 fully saturated rings. The first-order valence-corrected chi connectivity index (χ1v) is 6.98. The number of hydrogen-bond donors (Lipinski definition) is 3. The Morgan fingerprint density at radius 3 is 2.61 bits per heavy atom. The van der Waals surface area contributed by atoms with Gasteiger partial charge in [-0.25, -0.2) is 0 Å². The van der Waals surface area contributed by atoms with E-state index in [-0.39, 0.29) is 17.0 Å². The topological polar surface area (TPSA) is 115 Å². The fraction of sp³-hybridized carbons (Fsp3) is 0.118. The van der Waals surface area contributed by atoms with E-state index in [9.17, 15) is 9.90 Å². The van der Waals surface area contributed by atoms with Crippen molar-refractivity contribution in [2.24, 2.45) is 5.73 Å². The molecule has 6 heteroatoms. The van der Waals surface area contributed by atoms with Crippen molar-refractivity contribution >= 4 is 28.7 Å². The molecule has 2 rings (SSSR count). The van der Waals surface area contributed by atoms with Gasteiger partial charge in [-0.1, -0.05) is 11.6 Å². The summed E-state index contributed by atoms with van der Waals surface area (Å²) in [5, 5.41) is 9.46. The van der Waals surface area contributed by atoms with Gasteiger partial charge < -0.3 is 16.6 Å². The monoisotopic (exact) mass is 310 g/mol. The molecule has 0 atom stereocenters. The van der Waals surface area contributed by atoms with Crippen LogP contribution in [0.15, 0.2) is 48.0 Å². The number of carbonyl (C=O) groups excluding carboxylic acids is 1. The maximum Gasteiger partial charge on any atom is 0.250 e. The Labute approximate surface area is 133 Å². The van der Waals surface area contributed by atoms with Crippen molar-refractivity contribution < 1.29 is 9.90 Å². The van der Waals surface area contributed by atoms with E-state index in [4.69, 9.17) is 11.5 Å². The quantitative estimate of drug-likeness (QED) is 0.456. The van der Waals surface area contributed by atoms with Crippen LogP contribution in [0.2, 0.25) is 0 Å². The summed E-state index contributed by atoms with van der Waals surface area (Å²) in [6.45, 7) is 3.58. The Kier molecular flexibility index (Phi) is 4.75. The van der Waals surface area contributed by atoms with Crippen LogP contribution in [0.3, 0.4) is 0 Å². The molecule has 1 aromatic carbocycles. The summed E-state index contributed by atoms with van der Waals surface area (Å²) >= 11 is 0. The molecule has 1 amide bonds. The lowest BCUT2D eigenvalue weighted by molar-refractivity contribution is 0.100. The molecule has 118 valence electrons. The molecule has 2 aromatic rings. The minimum absolute atomic E-state index is 0.154. The Balaban J connectivity index is 2.65. The second-order valence-electron chi connectivity index (χ2n) is 4.98. The molecule has 6 nitrogen and oxygen atoms in total. The summed E-state index contributed by atoms with van der Waals surface area (Å²) in [5.74, 6) is -0.467. The Morgan fingerprint density at radius 2 is 1.96 bits per heavy atom. The molecule has 1 aromatic heterocycles. The van der Waals surface area contributed by atoms with Crippen LogP contribution in [-0.4, -0.2) is 21.0 Å². The minimum atomic E-state index is -0.621. The number of primary amides is 1. The third kappa shape index (κ3) is 3.55. The van der Waals surface area contributed by atoms with Gasteiger partial charge in [0.1, 0.15) is 5.76 Å². The molecule has 0 aliphatic rings. The highest BCUT2D eigenvalue weighted by Crippen LogP contribution is 2.27. The van der Waals surface area contributed by atoms with Crippen LogP contribution in [0.25, 0.3) is 17.1 Å². The van der Waals surface area contributed by atoms with Gasteiger partial charge in [-0.05, 0) is 38.1 Å². The molecule has 0 unspecified atom stereocenters. The largest absolute Gasteiger partial charge is 0.508 e. The number of aliphatic hydroxyl groups is 1. The second-order valence-corrected chi connectivity index (χ2v) is 4.98. The standard InChI is InChI=1S/C17H18N4O2/c1-3-11(22)5-4-10(2)8-12-15(18)13(17(19)23)9-14-16(12)21-7-6-20-14/h3-9,22H,18H2,1-2H3,(H2,19,23)/b5-4-,10-8+,11-3-. The Bertz CT molecular complexity index is 851. The first-order valence-electron chi connectivity index (χ1n) is 6.98. The average Bonchev–Trinajstić information content (AvgIpc) is 2.54. The number of rotatable bonds is 4. The zero-order valence-corrected chi connectivity index (χ0v) is 12.9. The first-order chi connectivity index (χ1) is 10.9. The maximum atomic E-state index is 11.6. The highest BCUT2D eigenvalue weighted by molar-refractivity contribution is 6.05. The van der Waals surface area contributed by atoms with E-state index in [1.54, 1.807) is 37.4 Å². The number of allylic oxidation sites excluding steroid dienone is 4. The molecule has 0 radical (unpaired) electrons. The molecular formula is C17H18N4O2. The van der Waals surface area contributed by atoms with Gasteiger partial charge in [0.2, 0.25) is 0 Å². The zero-order chi connectivity index (χ0) is 17.0. The van der Waals surface area contributed by atoms with Crippen LogP contribution < -0.4 is 11.5 Å². The number of hydrogen-bond acceptors (Lipinski definition) is 5. The highest BCUT2D eigenvalue weighted by atomic mass is 16.3. The lowest BCUT2D eigenvalue weighted by Crippen LogP contribution is -2.14. The fourth-order valence-corrected chi connectivity index (χ4v) is 2.09. The van der Waals surface area contributed by atoms with Crippen molar-refractivity contribution in [3.8, 4) is 0 Å². The van der Waals surface area contributed by atoms with E-state index in [1.807, 2.05) is 6.92 Å². The lowest BCUT2D eigenvalue weighted by atomic mass is 10.0. The van der Waals surface area contributed by atoms with Crippen molar-refractivity contribution in [3.63, 3.8) is 0 Å². The highest BCUT2D eigenvalue weighted by Gasteiger charge is 2.14. The molecule has 0 aliphatic carbocycles. The van der Waals surface area contributed by atoms with E-state index < -0.39 is 5.91 Å². The van der Waals surface area contributed by atoms with Crippen molar-refractivity contribution in [2.45, 2.75) is 13.8 Å². The van der Waals surface area contributed by atoms with E-state index in [1.165, 1.54) is 12.3 Å². The molecule has 0 saturated carbocycles. The number of anilines is 1. The van der Waals surface area contributed by atoms with Gasteiger partial charge in [-0.2, -0.15) is 0 Å². The van der Waals surface area contributed by atoms with Gasteiger partial charge in [-0.15, -0.1) is 0 Å². The molecule has 0 aliphatic heterocycles. The Morgan fingerprint density at radius 1 is 1.26 bits per heavy atom. The number of aromatic nitrogens is 2. The van der Waals surface area contributed by atoms with Crippen molar-refractivity contribution in [1.29, 1.82) is 0 Å². The SMILES string of the molecule is C/C=C(O)/C=C\C(C)=C\c1c(N)c(C(N)=O)cc2nccnc12. The number of aliphatic hydroxyl groups excluding tert-OH is 1. The summed E-state index contributed by atoms with van der Waals surface area (Å²) in [6.07, 6.45) is 9.74. The van der Waals surface area contributed by atoms with Gasteiger partial charge in [0.25, 0.3) is 5.91 Å². The number of nitrogens with two attached hydrogens (primary N) is 2. The molecular weight excluding hydrogens is 292 g/mol. The van der Waals surface area contributed by atoms with Gasteiger partial charge in [0, 0.05) is 18.0 Å². The van der Waals surface area contributed by atoms with Crippen LogP contribution in [0.1, 0.15) is 29.8 Å². The van der Waals surface area contributed by atoms with Crippen molar-refractivity contribution in [1.82, 2.24) is 9.97 Å². The van der Waals surface area contributed by atoms with E-state index in [0.29, 0.717) is 16.6 Å². The fourth-order valence-electron chi connectivity index (χ4n) is 2.09. The van der Waals surface area contributed by atoms with E-state index >= 15 is 0 Å².